The minimum atomic E-state index is -3.53. The number of fused-ring (bicyclic) bond motifs is 1. The lowest BCUT2D eigenvalue weighted by atomic mass is 10.2. The number of nitrogens with zero attached hydrogens (tertiary/aromatic N) is 2. The third-order valence-electron chi connectivity index (χ3n) is 4.54. The van der Waals surface area contributed by atoms with Crippen LogP contribution in [0.15, 0.2) is 41.6 Å². The smallest absolute Gasteiger partial charge is 0.241 e. The van der Waals surface area contributed by atoms with E-state index < -0.39 is 10.0 Å². The van der Waals surface area contributed by atoms with E-state index in [1.54, 1.807) is 30.6 Å². The van der Waals surface area contributed by atoms with Crippen LogP contribution < -0.4 is 4.72 Å². The van der Waals surface area contributed by atoms with Gasteiger partial charge in [0.1, 0.15) is 0 Å². The van der Waals surface area contributed by atoms with Crippen LogP contribution in [-0.2, 0) is 10.0 Å². The minimum absolute atomic E-state index is 0.291. The molecular weight excluding hydrogens is 322 g/mol. The van der Waals surface area contributed by atoms with Crippen LogP contribution in [-0.4, -0.2) is 44.0 Å². The molecule has 24 heavy (non-hydrogen) atoms. The topological polar surface area (TPSA) is 62.3 Å². The van der Waals surface area contributed by atoms with Crippen molar-refractivity contribution in [2.24, 2.45) is 5.92 Å². The van der Waals surface area contributed by atoms with Crippen molar-refractivity contribution in [2.75, 3.05) is 19.6 Å². The lowest BCUT2D eigenvalue weighted by Gasteiger charge is -2.26. The molecule has 1 N–H and O–H groups in total. The second kappa shape index (κ2) is 7.17. The summed E-state index contributed by atoms with van der Waals surface area (Å²) < 4.78 is 28.4. The van der Waals surface area contributed by atoms with E-state index in [9.17, 15) is 8.42 Å². The Kier molecular flexibility index (Phi) is 5.18. The zero-order chi connectivity index (χ0) is 17.2. The molecule has 0 amide bonds. The fraction of sp³-hybridized carbons (Fsp3) is 0.500. The van der Waals surface area contributed by atoms with Gasteiger partial charge in [-0.15, -0.1) is 0 Å². The Morgan fingerprint density at radius 1 is 1.33 bits per heavy atom. The molecule has 0 spiro atoms. The zero-order valence-corrected chi connectivity index (χ0v) is 15.1. The molecule has 1 aliphatic heterocycles. The number of hydrogen-bond donors (Lipinski definition) is 1. The van der Waals surface area contributed by atoms with Gasteiger partial charge in [0.05, 0.1) is 4.90 Å². The van der Waals surface area contributed by atoms with Gasteiger partial charge in [-0.2, -0.15) is 0 Å². The SMILES string of the molecule is CC(C)CN1CCC[C@@H]1CNS(=O)(=O)c1cccc2cnccc12. The van der Waals surface area contributed by atoms with Gasteiger partial charge in [-0.25, -0.2) is 13.1 Å². The van der Waals surface area contributed by atoms with Crippen LogP contribution in [0.2, 0.25) is 0 Å². The number of hydrogen-bond acceptors (Lipinski definition) is 4. The van der Waals surface area contributed by atoms with Gasteiger partial charge in [-0.05, 0) is 37.4 Å². The summed E-state index contributed by atoms with van der Waals surface area (Å²) in [5, 5.41) is 1.55. The lowest BCUT2D eigenvalue weighted by molar-refractivity contribution is 0.227. The highest BCUT2D eigenvalue weighted by Gasteiger charge is 2.27. The van der Waals surface area contributed by atoms with Crippen LogP contribution in [0.5, 0.6) is 0 Å². The van der Waals surface area contributed by atoms with Gasteiger partial charge in [0.2, 0.25) is 10.0 Å². The summed E-state index contributed by atoms with van der Waals surface area (Å²) in [7, 11) is -3.53. The van der Waals surface area contributed by atoms with Crippen LogP contribution in [0.3, 0.4) is 0 Å². The molecule has 1 saturated heterocycles. The maximum absolute atomic E-state index is 12.8. The van der Waals surface area contributed by atoms with Crippen LogP contribution in [0, 0.1) is 5.92 Å². The summed E-state index contributed by atoms with van der Waals surface area (Å²) in [6.07, 6.45) is 5.51. The van der Waals surface area contributed by atoms with E-state index in [1.807, 2.05) is 6.07 Å². The first kappa shape index (κ1) is 17.3. The predicted molar refractivity (Wildman–Crippen MR) is 96.4 cm³/mol. The average molecular weight is 347 g/mol. The Morgan fingerprint density at radius 3 is 2.96 bits per heavy atom. The van der Waals surface area contributed by atoms with Crippen molar-refractivity contribution in [3.05, 3.63) is 36.7 Å². The number of nitrogens with one attached hydrogen (secondary N) is 1. The number of likely N-dealkylation sites (tertiary alicyclic amines) is 1. The molecule has 0 saturated carbocycles. The van der Waals surface area contributed by atoms with E-state index in [0.29, 0.717) is 28.8 Å². The third-order valence-corrected chi connectivity index (χ3v) is 6.02. The average Bonchev–Trinajstić information content (AvgIpc) is 2.99. The first-order chi connectivity index (χ1) is 11.5. The number of rotatable bonds is 6. The molecule has 2 heterocycles. The molecule has 1 atom stereocenters. The standard InChI is InChI=1S/C18H25N3O2S/c1-14(2)13-21-10-4-6-16(21)12-20-24(22,23)18-7-3-5-15-11-19-9-8-17(15)18/h3,5,7-9,11,14,16,20H,4,6,10,12-13H2,1-2H3/t16-/m1/s1. The van der Waals surface area contributed by atoms with E-state index in [4.69, 9.17) is 0 Å². The summed E-state index contributed by atoms with van der Waals surface area (Å²) in [5.74, 6) is 0.591. The Bertz CT molecular complexity index is 800. The van der Waals surface area contributed by atoms with Crippen molar-refractivity contribution in [3.63, 3.8) is 0 Å². The lowest BCUT2D eigenvalue weighted by Crippen LogP contribution is -2.41. The number of aromatic nitrogens is 1. The zero-order valence-electron chi connectivity index (χ0n) is 14.3. The first-order valence-electron chi connectivity index (χ1n) is 8.54. The maximum Gasteiger partial charge on any atom is 0.241 e. The molecule has 1 fully saturated rings. The van der Waals surface area contributed by atoms with Crippen molar-refractivity contribution in [3.8, 4) is 0 Å². The molecule has 1 aromatic heterocycles. The quantitative estimate of drug-likeness (QED) is 0.872. The molecule has 0 bridgehead atoms. The Morgan fingerprint density at radius 2 is 2.17 bits per heavy atom. The van der Waals surface area contributed by atoms with Gasteiger partial charge in [0.15, 0.2) is 0 Å². The molecular formula is C18H25N3O2S. The summed E-state index contributed by atoms with van der Waals surface area (Å²) in [5.41, 5.74) is 0. The normalized spacial score (nSPS) is 19.4. The first-order valence-corrected chi connectivity index (χ1v) is 10.0. The van der Waals surface area contributed by atoms with E-state index in [1.165, 1.54) is 0 Å². The van der Waals surface area contributed by atoms with Crippen molar-refractivity contribution in [2.45, 2.75) is 37.6 Å². The van der Waals surface area contributed by atoms with E-state index in [2.05, 4.69) is 28.5 Å². The van der Waals surface area contributed by atoms with Crippen molar-refractivity contribution in [1.82, 2.24) is 14.6 Å². The minimum Gasteiger partial charge on any atom is -0.299 e. The monoisotopic (exact) mass is 347 g/mol. The highest BCUT2D eigenvalue weighted by atomic mass is 32.2. The summed E-state index contributed by atoms with van der Waals surface area (Å²) >= 11 is 0. The molecule has 1 aliphatic rings. The fourth-order valence-electron chi connectivity index (χ4n) is 3.45. The fourth-order valence-corrected chi connectivity index (χ4v) is 4.75. The molecule has 0 unspecified atom stereocenters. The van der Waals surface area contributed by atoms with Crippen molar-refractivity contribution >= 4 is 20.8 Å². The molecule has 130 valence electrons. The predicted octanol–water partition coefficient (Wildman–Crippen LogP) is 2.63. The Hall–Kier alpha value is -1.50. The summed E-state index contributed by atoms with van der Waals surface area (Å²) in [4.78, 5) is 6.79. The van der Waals surface area contributed by atoms with Crippen LogP contribution >= 0.6 is 0 Å². The number of sulfonamides is 1. The maximum atomic E-state index is 12.8. The van der Waals surface area contributed by atoms with Gasteiger partial charge in [-0.1, -0.05) is 26.0 Å². The van der Waals surface area contributed by atoms with Gasteiger partial charge in [0.25, 0.3) is 0 Å². The number of benzene rings is 1. The van der Waals surface area contributed by atoms with Crippen LogP contribution in [0.25, 0.3) is 10.8 Å². The molecule has 6 heteroatoms. The molecule has 2 aromatic rings. The van der Waals surface area contributed by atoms with E-state index in [-0.39, 0.29) is 0 Å². The van der Waals surface area contributed by atoms with E-state index >= 15 is 0 Å². The molecule has 5 nitrogen and oxygen atoms in total. The summed E-state index contributed by atoms with van der Waals surface area (Å²) in [6.45, 7) is 6.95. The van der Waals surface area contributed by atoms with Gasteiger partial charge >= 0.3 is 0 Å². The summed E-state index contributed by atoms with van der Waals surface area (Å²) in [6, 6.07) is 7.34. The molecule has 1 aromatic carbocycles. The van der Waals surface area contributed by atoms with Crippen molar-refractivity contribution in [1.29, 1.82) is 0 Å². The number of pyridine rings is 1. The van der Waals surface area contributed by atoms with E-state index in [0.717, 1.165) is 31.3 Å². The van der Waals surface area contributed by atoms with Gasteiger partial charge in [0, 0.05) is 42.3 Å². The van der Waals surface area contributed by atoms with Gasteiger partial charge < -0.3 is 0 Å². The molecule has 0 radical (unpaired) electrons. The molecule has 3 rings (SSSR count). The van der Waals surface area contributed by atoms with Crippen LogP contribution in [0.1, 0.15) is 26.7 Å². The third kappa shape index (κ3) is 3.77. The highest BCUT2D eigenvalue weighted by Crippen LogP contribution is 2.23. The second-order valence-corrected chi connectivity index (χ2v) is 8.63. The van der Waals surface area contributed by atoms with Crippen LogP contribution in [0.4, 0.5) is 0 Å². The highest BCUT2D eigenvalue weighted by molar-refractivity contribution is 7.89. The Balaban J connectivity index is 1.76. The van der Waals surface area contributed by atoms with Crippen molar-refractivity contribution < 1.29 is 8.42 Å². The van der Waals surface area contributed by atoms with Gasteiger partial charge in [-0.3, -0.25) is 9.88 Å². The Labute approximate surface area is 144 Å². The largest absolute Gasteiger partial charge is 0.299 e. The molecule has 0 aliphatic carbocycles. The second-order valence-electron chi connectivity index (χ2n) is 6.89.